The van der Waals surface area contributed by atoms with Crippen LogP contribution >= 0.6 is 15.9 Å². The second kappa shape index (κ2) is 9.06. The van der Waals surface area contributed by atoms with Gasteiger partial charge in [0.2, 0.25) is 10.0 Å². The first-order valence-corrected chi connectivity index (χ1v) is 11.3. The third-order valence-corrected chi connectivity index (χ3v) is 4.86. The predicted octanol–water partition coefficient (Wildman–Crippen LogP) is 3.72. The quantitative estimate of drug-likeness (QED) is 0.488. The van der Waals surface area contributed by atoms with Crippen LogP contribution in [0.3, 0.4) is 0 Å². The highest BCUT2D eigenvalue weighted by atomic mass is 79.9. The Bertz CT molecular complexity index is 1200. The van der Waals surface area contributed by atoms with Crippen molar-refractivity contribution >= 4 is 55.0 Å². The molecule has 1 heterocycles. The van der Waals surface area contributed by atoms with Gasteiger partial charge in [0.25, 0.3) is 11.8 Å². The fourth-order valence-electron chi connectivity index (χ4n) is 2.52. The van der Waals surface area contributed by atoms with Gasteiger partial charge in [-0.25, -0.2) is 13.4 Å². The van der Waals surface area contributed by atoms with Crippen LogP contribution in [0.4, 0.5) is 17.2 Å². The van der Waals surface area contributed by atoms with Crippen molar-refractivity contribution in [3.05, 3.63) is 82.5 Å². The van der Waals surface area contributed by atoms with Crippen molar-refractivity contribution in [1.82, 2.24) is 4.98 Å². The molecule has 3 aromatic rings. The number of anilines is 3. The second-order valence-electron chi connectivity index (χ2n) is 6.31. The highest BCUT2D eigenvalue weighted by Gasteiger charge is 2.11. The molecule has 2 amide bonds. The summed E-state index contributed by atoms with van der Waals surface area (Å²) >= 11 is 3.28. The van der Waals surface area contributed by atoms with Gasteiger partial charge in [-0.15, -0.1) is 0 Å². The monoisotopic (exact) mass is 488 g/mol. The molecule has 30 heavy (non-hydrogen) atoms. The molecule has 0 radical (unpaired) electrons. The molecule has 0 bridgehead atoms. The van der Waals surface area contributed by atoms with Crippen molar-refractivity contribution in [3.63, 3.8) is 0 Å². The summed E-state index contributed by atoms with van der Waals surface area (Å²) in [7, 11) is -3.46. The molecular weight excluding hydrogens is 472 g/mol. The summed E-state index contributed by atoms with van der Waals surface area (Å²) in [5.41, 5.74) is 1.29. The Hall–Kier alpha value is -3.24. The fraction of sp³-hybridized carbons (Fsp3) is 0.0500. The van der Waals surface area contributed by atoms with E-state index in [0.29, 0.717) is 17.1 Å². The molecule has 0 spiro atoms. The van der Waals surface area contributed by atoms with Gasteiger partial charge in [0.1, 0.15) is 5.82 Å². The first kappa shape index (κ1) is 21.5. The van der Waals surface area contributed by atoms with Gasteiger partial charge in [0.15, 0.2) is 0 Å². The Morgan fingerprint density at radius 3 is 2.07 bits per heavy atom. The number of nitrogens with zero attached hydrogens (tertiary/aromatic N) is 1. The fourth-order valence-corrected chi connectivity index (χ4v) is 3.31. The van der Waals surface area contributed by atoms with E-state index in [-0.39, 0.29) is 17.2 Å². The maximum atomic E-state index is 12.5. The van der Waals surface area contributed by atoms with Crippen LogP contribution in [-0.2, 0) is 10.0 Å². The summed E-state index contributed by atoms with van der Waals surface area (Å²) in [5.74, 6) is -0.424. The molecule has 0 unspecified atom stereocenters. The number of nitrogens with one attached hydrogen (secondary N) is 3. The first-order valence-electron chi connectivity index (χ1n) is 8.62. The topological polar surface area (TPSA) is 117 Å². The number of carbonyl (C=O) groups excluding carboxylic acids is 2. The molecule has 2 aromatic carbocycles. The van der Waals surface area contributed by atoms with Gasteiger partial charge in [-0.05, 0) is 64.5 Å². The number of amides is 2. The van der Waals surface area contributed by atoms with Crippen molar-refractivity contribution in [2.45, 2.75) is 0 Å². The minimum atomic E-state index is -3.46. The molecule has 0 aliphatic heterocycles. The number of halogens is 1. The normalized spacial score (nSPS) is 10.9. The minimum Gasteiger partial charge on any atom is -0.322 e. The number of aromatic nitrogens is 1. The van der Waals surface area contributed by atoms with Gasteiger partial charge >= 0.3 is 0 Å². The van der Waals surface area contributed by atoms with Crippen LogP contribution in [0.15, 0.2) is 71.3 Å². The van der Waals surface area contributed by atoms with Gasteiger partial charge < -0.3 is 10.6 Å². The lowest BCUT2D eigenvalue weighted by atomic mass is 10.1. The lowest BCUT2D eigenvalue weighted by molar-refractivity contribution is 0.101. The largest absolute Gasteiger partial charge is 0.322 e. The number of rotatable bonds is 6. The molecule has 10 heteroatoms. The highest BCUT2D eigenvalue weighted by Crippen LogP contribution is 2.17. The molecule has 8 nitrogen and oxygen atoms in total. The van der Waals surface area contributed by atoms with E-state index in [0.717, 1.165) is 10.7 Å². The molecule has 1 aromatic heterocycles. The lowest BCUT2D eigenvalue weighted by Crippen LogP contribution is -2.15. The van der Waals surface area contributed by atoms with Crippen LogP contribution in [0.2, 0.25) is 0 Å². The number of pyridine rings is 1. The van der Waals surface area contributed by atoms with Crippen molar-refractivity contribution in [3.8, 4) is 0 Å². The Balaban J connectivity index is 1.71. The van der Waals surface area contributed by atoms with Crippen molar-refractivity contribution < 1.29 is 18.0 Å². The molecule has 0 saturated heterocycles. The van der Waals surface area contributed by atoms with Gasteiger partial charge in [-0.2, -0.15) is 0 Å². The van der Waals surface area contributed by atoms with Crippen LogP contribution in [0.25, 0.3) is 0 Å². The number of benzene rings is 2. The molecular formula is C20H17BrN4O4S. The van der Waals surface area contributed by atoms with Crippen LogP contribution in [0, 0.1) is 0 Å². The predicted molar refractivity (Wildman–Crippen MR) is 119 cm³/mol. The van der Waals surface area contributed by atoms with E-state index in [1.165, 1.54) is 12.1 Å². The van der Waals surface area contributed by atoms with Crippen LogP contribution in [0.1, 0.15) is 20.7 Å². The van der Waals surface area contributed by atoms with E-state index in [9.17, 15) is 18.0 Å². The van der Waals surface area contributed by atoms with Crippen LogP contribution in [0.5, 0.6) is 0 Å². The molecule has 3 rings (SSSR count). The maximum absolute atomic E-state index is 12.5. The van der Waals surface area contributed by atoms with Crippen molar-refractivity contribution in [2.75, 3.05) is 21.6 Å². The Morgan fingerprint density at radius 2 is 1.47 bits per heavy atom. The summed E-state index contributed by atoms with van der Waals surface area (Å²) in [5, 5.41) is 5.37. The minimum absolute atomic E-state index is 0.262. The molecule has 0 saturated carbocycles. The summed E-state index contributed by atoms with van der Waals surface area (Å²) in [6.07, 6.45) is 2.60. The molecule has 0 aliphatic rings. The second-order valence-corrected chi connectivity index (χ2v) is 8.97. The summed E-state index contributed by atoms with van der Waals surface area (Å²) < 4.78 is 25.8. The summed E-state index contributed by atoms with van der Waals surface area (Å²) in [6.45, 7) is 0. The lowest BCUT2D eigenvalue weighted by Gasteiger charge is -2.09. The van der Waals surface area contributed by atoms with E-state index in [4.69, 9.17) is 0 Å². The molecule has 3 N–H and O–H groups in total. The van der Waals surface area contributed by atoms with E-state index in [1.807, 2.05) is 0 Å². The zero-order chi connectivity index (χ0) is 21.7. The van der Waals surface area contributed by atoms with E-state index in [2.05, 4.69) is 36.3 Å². The van der Waals surface area contributed by atoms with Gasteiger partial charge in [0.05, 0.1) is 6.26 Å². The highest BCUT2D eigenvalue weighted by molar-refractivity contribution is 9.10. The van der Waals surface area contributed by atoms with E-state index in [1.54, 1.807) is 54.7 Å². The third-order valence-electron chi connectivity index (χ3n) is 3.78. The van der Waals surface area contributed by atoms with Crippen molar-refractivity contribution in [2.24, 2.45) is 0 Å². The average molecular weight is 489 g/mol. The average Bonchev–Trinajstić information content (AvgIpc) is 2.69. The van der Waals surface area contributed by atoms with Gasteiger partial charge in [-0.3, -0.25) is 14.3 Å². The SMILES string of the molecule is CS(=O)(=O)Nc1cccc(C(=O)Nc2cccc(C(=O)Nc3ccc(Br)cn3)c2)c1. The summed E-state index contributed by atoms with van der Waals surface area (Å²) in [4.78, 5) is 29.1. The molecule has 0 aliphatic carbocycles. The van der Waals surface area contributed by atoms with Crippen LogP contribution < -0.4 is 15.4 Å². The number of hydrogen-bond acceptors (Lipinski definition) is 5. The number of sulfonamides is 1. The van der Waals surface area contributed by atoms with Crippen molar-refractivity contribution in [1.29, 1.82) is 0 Å². The third kappa shape index (κ3) is 6.13. The van der Waals surface area contributed by atoms with Crippen LogP contribution in [-0.4, -0.2) is 31.5 Å². The van der Waals surface area contributed by atoms with E-state index >= 15 is 0 Å². The Labute approximate surface area is 181 Å². The zero-order valence-corrected chi connectivity index (χ0v) is 18.1. The first-order chi connectivity index (χ1) is 14.2. The standard InChI is InChI=1S/C20H17BrN4O4S/c1-30(28,29)25-17-7-3-5-14(11-17)19(26)23-16-6-2-4-13(10-16)20(27)24-18-9-8-15(21)12-22-18/h2-12,25H,1H3,(H,23,26)(H,22,24,27). The Kier molecular flexibility index (Phi) is 6.48. The maximum Gasteiger partial charge on any atom is 0.256 e. The molecule has 154 valence electrons. The van der Waals surface area contributed by atoms with Gasteiger partial charge in [-0.1, -0.05) is 12.1 Å². The molecule has 0 fully saturated rings. The number of carbonyl (C=O) groups is 2. The zero-order valence-electron chi connectivity index (χ0n) is 15.7. The van der Waals surface area contributed by atoms with Gasteiger partial charge in [0, 0.05) is 33.2 Å². The molecule has 0 atom stereocenters. The number of hydrogen-bond donors (Lipinski definition) is 3. The smallest absolute Gasteiger partial charge is 0.256 e. The Morgan fingerprint density at radius 1 is 0.867 bits per heavy atom. The van der Waals surface area contributed by atoms with E-state index < -0.39 is 15.9 Å². The summed E-state index contributed by atoms with van der Waals surface area (Å²) in [6, 6.07) is 15.9.